The fourth-order valence-corrected chi connectivity index (χ4v) is 1.12. The highest BCUT2D eigenvalue weighted by molar-refractivity contribution is 5.14. The minimum atomic E-state index is 0.440. The van der Waals surface area contributed by atoms with Crippen LogP contribution in [0, 0.1) is 23.2 Å². The Morgan fingerprint density at radius 3 is 2.70 bits per heavy atom. The van der Waals surface area contributed by atoms with Gasteiger partial charge >= 0.3 is 0 Å². The van der Waals surface area contributed by atoms with Gasteiger partial charge in [0.25, 0.3) is 0 Å². The zero-order valence-electron chi connectivity index (χ0n) is 6.12. The van der Waals surface area contributed by atoms with Crippen molar-refractivity contribution >= 4 is 0 Å². The monoisotopic (exact) mass is 133 g/mol. The number of nitriles is 1. The minimum Gasteiger partial charge on any atom is -0.198 e. The first kappa shape index (κ1) is 7.08. The number of hydrogen-bond donors (Lipinski definition) is 0. The van der Waals surface area contributed by atoms with Crippen molar-refractivity contribution in [2.24, 2.45) is 11.8 Å². The van der Waals surface area contributed by atoms with Crippen molar-refractivity contribution in [2.45, 2.75) is 13.3 Å². The summed E-state index contributed by atoms with van der Waals surface area (Å²) in [6.45, 7) is 2.14. The Morgan fingerprint density at radius 1 is 1.40 bits per heavy atom. The van der Waals surface area contributed by atoms with E-state index < -0.39 is 0 Å². The van der Waals surface area contributed by atoms with E-state index in [1.165, 1.54) is 0 Å². The lowest BCUT2D eigenvalue weighted by Crippen LogP contribution is -2.07. The SMILES string of the molecule is CC1C=CC=CC1CC#N. The van der Waals surface area contributed by atoms with Gasteiger partial charge in [-0.1, -0.05) is 31.2 Å². The van der Waals surface area contributed by atoms with Crippen LogP contribution in [0.3, 0.4) is 0 Å². The molecule has 1 nitrogen and oxygen atoms in total. The second-order valence-corrected chi connectivity index (χ2v) is 2.66. The maximum atomic E-state index is 8.43. The van der Waals surface area contributed by atoms with Crippen molar-refractivity contribution < 1.29 is 0 Å². The first-order chi connectivity index (χ1) is 4.84. The third kappa shape index (κ3) is 1.48. The molecule has 0 N–H and O–H groups in total. The minimum absolute atomic E-state index is 0.440. The van der Waals surface area contributed by atoms with E-state index in [2.05, 4.69) is 25.1 Å². The van der Waals surface area contributed by atoms with E-state index in [1.807, 2.05) is 12.2 Å². The molecule has 0 fully saturated rings. The lowest BCUT2D eigenvalue weighted by molar-refractivity contribution is 0.517. The standard InChI is InChI=1S/C9H11N/c1-8-4-2-3-5-9(8)6-7-10/h2-5,8-9H,6H2,1H3. The van der Waals surface area contributed by atoms with Crippen LogP contribution >= 0.6 is 0 Å². The van der Waals surface area contributed by atoms with E-state index in [4.69, 9.17) is 5.26 Å². The number of rotatable bonds is 1. The van der Waals surface area contributed by atoms with Crippen LogP contribution in [0.25, 0.3) is 0 Å². The Labute approximate surface area is 61.7 Å². The molecule has 0 aromatic rings. The van der Waals surface area contributed by atoms with Gasteiger partial charge in [-0.2, -0.15) is 5.26 Å². The quantitative estimate of drug-likeness (QED) is 0.538. The number of nitrogens with zero attached hydrogens (tertiary/aromatic N) is 1. The van der Waals surface area contributed by atoms with Crippen molar-refractivity contribution in [3.05, 3.63) is 24.3 Å². The van der Waals surface area contributed by atoms with Gasteiger partial charge in [-0.3, -0.25) is 0 Å². The summed E-state index contributed by atoms with van der Waals surface area (Å²) >= 11 is 0. The summed E-state index contributed by atoms with van der Waals surface area (Å²) in [5.74, 6) is 0.972. The fourth-order valence-electron chi connectivity index (χ4n) is 1.12. The second kappa shape index (κ2) is 3.22. The molecule has 0 spiro atoms. The molecule has 0 amide bonds. The molecular formula is C9H11N. The first-order valence-corrected chi connectivity index (χ1v) is 3.56. The van der Waals surface area contributed by atoms with Crippen molar-refractivity contribution in [2.75, 3.05) is 0 Å². The van der Waals surface area contributed by atoms with Crippen LogP contribution in [0.5, 0.6) is 0 Å². The molecule has 1 heteroatoms. The predicted molar refractivity (Wildman–Crippen MR) is 41.2 cm³/mol. The molecule has 52 valence electrons. The highest BCUT2D eigenvalue weighted by Gasteiger charge is 2.12. The summed E-state index contributed by atoms with van der Waals surface area (Å²) in [5.41, 5.74) is 0. The molecule has 0 saturated carbocycles. The van der Waals surface area contributed by atoms with Gasteiger partial charge in [0.15, 0.2) is 0 Å². The second-order valence-electron chi connectivity index (χ2n) is 2.66. The Hall–Kier alpha value is -1.03. The number of allylic oxidation sites excluding steroid dienone is 4. The molecule has 0 saturated heterocycles. The van der Waals surface area contributed by atoms with Gasteiger partial charge in [0.1, 0.15) is 0 Å². The summed E-state index contributed by atoms with van der Waals surface area (Å²) in [6, 6.07) is 2.18. The third-order valence-corrected chi connectivity index (χ3v) is 1.89. The van der Waals surface area contributed by atoms with E-state index in [0.29, 0.717) is 18.3 Å². The van der Waals surface area contributed by atoms with Crippen molar-refractivity contribution in [3.63, 3.8) is 0 Å². The van der Waals surface area contributed by atoms with Crippen molar-refractivity contribution in [1.29, 1.82) is 5.26 Å². The molecule has 10 heavy (non-hydrogen) atoms. The van der Waals surface area contributed by atoms with Gasteiger partial charge in [0.2, 0.25) is 0 Å². The molecule has 2 atom stereocenters. The van der Waals surface area contributed by atoms with Crippen LogP contribution in [0.15, 0.2) is 24.3 Å². The molecule has 0 bridgehead atoms. The van der Waals surface area contributed by atoms with Gasteiger partial charge in [-0.25, -0.2) is 0 Å². The predicted octanol–water partition coefficient (Wildman–Crippen LogP) is 2.28. The topological polar surface area (TPSA) is 23.8 Å². The maximum absolute atomic E-state index is 8.43. The normalized spacial score (nSPS) is 30.0. The van der Waals surface area contributed by atoms with Crippen LogP contribution in [0.1, 0.15) is 13.3 Å². The number of hydrogen-bond acceptors (Lipinski definition) is 1. The molecule has 0 aliphatic heterocycles. The Morgan fingerprint density at radius 2 is 2.10 bits per heavy atom. The first-order valence-electron chi connectivity index (χ1n) is 3.56. The van der Waals surface area contributed by atoms with E-state index in [-0.39, 0.29) is 0 Å². The Balaban J connectivity index is 2.54. The Kier molecular flexibility index (Phi) is 2.28. The third-order valence-electron chi connectivity index (χ3n) is 1.89. The zero-order chi connectivity index (χ0) is 7.40. The van der Waals surface area contributed by atoms with Gasteiger partial charge in [-0.05, 0) is 11.8 Å². The summed E-state index contributed by atoms with van der Waals surface area (Å²) < 4.78 is 0. The van der Waals surface area contributed by atoms with Gasteiger partial charge in [0, 0.05) is 6.42 Å². The van der Waals surface area contributed by atoms with Crippen LogP contribution in [0.4, 0.5) is 0 Å². The zero-order valence-corrected chi connectivity index (χ0v) is 6.12. The molecule has 1 aliphatic carbocycles. The average Bonchev–Trinajstić information content (AvgIpc) is 1.94. The molecule has 0 heterocycles. The van der Waals surface area contributed by atoms with E-state index >= 15 is 0 Å². The smallest absolute Gasteiger partial charge is 0.0628 e. The fraction of sp³-hybridized carbons (Fsp3) is 0.444. The lowest BCUT2D eigenvalue weighted by Gasteiger charge is -2.16. The molecular weight excluding hydrogens is 122 g/mol. The molecule has 0 radical (unpaired) electrons. The molecule has 0 aromatic heterocycles. The van der Waals surface area contributed by atoms with Crippen LogP contribution in [-0.4, -0.2) is 0 Å². The Bertz CT molecular complexity index is 195. The van der Waals surface area contributed by atoms with E-state index in [0.717, 1.165) is 0 Å². The molecule has 2 unspecified atom stereocenters. The van der Waals surface area contributed by atoms with Crippen LogP contribution < -0.4 is 0 Å². The maximum Gasteiger partial charge on any atom is 0.0628 e. The molecule has 0 aromatic carbocycles. The largest absolute Gasteiger partial charge is 0.198 e. The van der Waals surface area contributed by atoms with E-state index in [1.54, 1.807) is 0 Å². The van der Waals surface area contributed by atoms with Crippen molar-refractivity contribution in [1.82, 2.24) is 0 Å². The highest BCUT2D eigenvalue weighted by Crippen LogP contribution is 2.21. The van der Waals surface area contributed by atoms with Gasteiger partial charge in [0.05, 0.1) is 6.07 Å². The molecule has 1 aliphatic rings. The summed E-state index contributed by atoms with van der Waals surface area (Å²) in [6.07, 6.45) is 8.94. The van der Waals surface area contributed by atoms with Gasteiger partial charge < -0.3 is 0 Å². The highest BCUT2D eigenvalue weighted by atomic mass is 14.3. The summed E-state index contributed by atoms with van der Waals surface area (Å²) in [4.78, 5) is 0. The van der Waals surface area contributed by atoms with Crippen LogP contribution in [0.2, 0.25) is 0 Å². The average molecular weight is 133 g/mol. The van der Waals surface area contributed by atoms with Crippen molar-refractivity contribution in [3.8, 4) is 6.07 Å². The summed E-state index contributed by atoms with van der Waals surface area (Å²) in [5, 5.41) is 8.43. The van der Waals surface area contributed by atoms with Crippen LogP contribution in [-0.2, 0) is 0 Å². The lowest BCUT2D eigenvalue weighted by atomic mass is 9.88. The van der Waals surface area contributed by atoms with E-state index in [9.17, 15) is 0 Å². The van der Waals surface area contributed by atoms with Gasteiger partial charge in [-0.15, -0.1) is 0 Å². The summed E-state index contributed by atoms with van der Waals surface area (Å²) in [7, 11) is 0. The molecule has 1 rings (SSSR count).